The topological polar surface area (TPSA) is 104 Å². The Kier molecular flexibility index (Phi) is 2.33. The Labute approximate surface area is 51.4 Å². The van der Waals surface area contributed by atoms with E-state index in [9.17, 15) is 9.36 Å². The standard InChI is InChI=1S/C2H7N2O4P/c1-4(3)2(5)9(6,7)8/h3H2,1H3,(H2,6,7,8). The molecule has 0 aliphatic rings. The predicted molar refractivity (Wildman–Crippen MR) is 29.4 cm³/mol. The Bertz CT molecular complexity index is 160. The van der Waals surface area contributed by atoms with Crippen LogP contribution in [0.4, 0.5) is 4.79 Å². The van der Waals surface area contributed by atoms with E-state index in [1.807, 2.05) is 0 Å². The lowest BCUT2D eigenvalue weighted by atomic mass is 11.1. The van der Waals surface area contributed by atoms with Crippen LogP contribution in [0.15, 0.2) is 0 Å². The van der Waals surface area contributed by atoms with Crippen molar-refractivity contribution in [1.82, 2.24) is 5.01 Å². The molecule has 0 unspecified atom stereocenters. The number of hydrazine groups is 1. The molecule has 0 aromatic heterocycles. The second kappa shape index (κ2) is 2.45. The molecule has 0 saturated carbocycles. The molecule has 9 heavy (non-hydrogen) atoms. The van der Waals surface area contributed by atoms with Crippen molar-refractivity contribution >= 4 is 13.2 Å². The van der Waals surface area contributed by atoms with E-state index in [0.29, 0.717) is 5.01 Å². The number of amides is 1. The van der Waals surface area contributed by atoms with Gasteiger partial charge >= 0.3 is 13.2 Å². The quantitative estimate of drug-likeness (QED) is 0.196. The highest BCUT2D eigenvalue weighted by Crippen LogP contribution is 2.36. The number of hydrogen-bond acceptors (Lipinski definition) is 3. The molecule has 54 valence electrons. The molecule has 7 heteroatoms. The first-order chi connectivity index (χ1) is 3.85. The van der Waals surface area contributed by atoms with Crippen LogP contribution >= 0.6 is 7.60 Å². The maximum absolute atomic E-state index is 10.2. The summed E-state index contributed by atoms with van der Waals surface area (Å²) in [7, 11) is -3.59. The van der Waals surface area contributed by atoms with Crippen molar-refractivity contribution in [2.75, 3.05) is 7.05 Å². The van der Waals surface area contributed by atoms with Gasteiger partial charge in [-0.15, -0.1) is 0 Å². The van der Waals surface area contributed by atoms with Crippen molar-refractivity contribution in [2.45, 2.75) is 0 Å². The minimum Gasteiger partial charge on any atom is -0.318 e. The third-order valence-corrected chi connectivity index (χ3v) is 1.36. The molecule has 0 saturated heterocycles. The SMILES string of the molecule is CN(N)C(=O)P(=O)(O)O. The molecule has 0 aromatic carbocycles. The van der Waals surface area contributed by atoms with Gasteiger partial charge < -0.3 is 9.79 Å². The molecule has 0 fully saturated rings. The van der Waals surface area contributed by atoms with Gasteiger partial charge in [0.1, 0.15) is 0 Å². The van der Waals surface area contributed by atoms with Gasteiger partial charge in [-0.3, -0.25) is 9.80 Å². The van der Waals surface area contributed by atoms with E-state index < -0.39 is 13.2 Å². The van der Waals surface area contributed by atoms with E-state index in [0.717, 1.165) is 7.05 Å². The van der Waals surface area contributed by atoms with Crippen LogP contribution in [0, 0.1) is 0 Å². The zero-order chi connectivity index (χ0) is 7.65. The molecule has 6 nitrogen and oxygen atoms in total. The average molecular weight is 154 g/mol. The molecule has 0 bridgehead atoms. The summed E-state index contributed by atoms with van der Waals surface area (Å²) in [6.45, 7) is 0. The Morgan fingerprint density at radius 3 is 2.00 bits per heavy atom. The van der Waals surface area contributed by atoms with Gasteiger partial charge in [0.2, 0.25) is 0 Å². The zero-order valence-corrected chi connectivity index (χ0v) is 5.58. The van der Waals surface area contributed by atoms with Crippen molar-refractivity contribution in [3.8, 4) is 0 Å². The van der Waals surface area contributed by atoms with Crippen molar-refractivity contribution in [2.24, 2.45) is 5.84 Å². The van der Waals surface area contributed by atoms with Crippen LogP contribution < -0.4 is 5.84 Å². The maximum atomic E-state index is 10.2. The normalized spacial score (nSPS) is 11.1. The molecule has 4 N–H and O–H groups in total. The largest absolute Gasteiger partial charge is 0.414 e. The minimum absolute atomic E-state index is 0.348. The lowest BCUT2D eigenvalue weighted by Crippen LogP contribution is -2.31. The van der Waals surface area contributed by atoms with Crippen LogP contribution in [0.25, 0.3) is 0 Å². The number of carbonyl (C=O) groups excluding carboxylic acids is 1. The van der Waals surface area contributed by atoms with E-state index >= 15 is 0 Å². The molecular formula is C2H7N2O4P. The molecule has 0 atom stereocenters. The highest BCUT2D eigenvalue weighted by Gasteiger charge is 2.27. The van der Waals surface area contributed by atoms with E-state index in [4.69, 9.17) is 15.6 Å². The summed E-state index contributed by atoms with van der Waals surface area (Å²) in [5, 5.41) is 0.348. The predicted octanol–water partition coefficient (Wildman–Crippen LogP) is -0.910. The molecule has 1 amide bonds. The first-order valence-corrected chi connectivity index (χ1v) is 3.55. The number of nitrogens with zero attached hydrogens (tertiary/aromatic N) is 1. The van der Waals surface area contributed by atoms with Crippen molar-refractivity contribution in [1.29, 1.82) is 0 Å². The number of hydrogen-bond donors (Lipinski definition) is 3. The Morgan fingerprint density at radius 1 is 1.67 bits per heavy atom. The molecule has 0 aromatic rings. The average Bonchev–Trinajstić information content (AvgIpc) is 1.62. The van der Waals surface area contributed by atoms with Gasteiger partial charge in [0.15, 0.2) is 0 Å². The first kappa shape index (κ1) is 8.58. The lowest BCUT2D eigenvalue weighted by molar-refractivity contribution is 0.221. The van der Waals surface area contributed by atoms with Gasteiger partial charge in [-0.25, -0.2) is 10.4 Å². The fraction of sp³-hybridized carbons (Fsp3) is 0.500. The summed E-state index contributed by atoms with van der Waals surface area (Å²) in [6.07, 6.45) is 0. The van der Waals surface area contributed by atoms with E-state index in [1.165, 1.54) is 0 Å². The number of carbonyl (C=O) groups is 1. The highest BCUT2D eigenvalue weighted by molar-refractivity contribution is 7.69. The van der Waals surface area contributed by atoms with Crippen LogP contribution in [0.5, 0.6) is 0 Å². The number of nitrogens with two attached hydrogens (primary N) is 1. The van der Waals surface area contributed by atoms with Crippen molar-refractivity contribution in [3.63, 3.8) is 0 Å². The molecule has 0 aliphatic carbocycles. The lowest BCUT2D eigenvalue weighted by Gasteiger charge is -2.09. The summed E-state index contributed by atoms with van der Waals surface area (Å²) in [5.41, 5.74) is -1.39. The Balaban J connectivity index is 4.24. The zero-order valence-electron chi connectivity index (χ0n) is 4.68. The van der Waals surface area contributed by atoms with E-state index in [2.05, 4.69) is 0 Å². The summed E-state index contributed by atoms with van der Waals surface area (Å²) in [4.78, 5) is 26.4. The van der Waals surface area contributed by atoms with Crippen molar-refractivity contribution in [3.05, 3.63) is 0 Å². The minimum atomic E-state index is -4.65. The third-order valence-electron chi connectivity index (χ3n) is 0.551. The van der Waals surface area contributed by atoms with Gasteiger partial charge in [0.05, 0.1) is 0 Å². The van der Waals surface area contributed by atoms with E-state index in [1.54, 1.807) is 0 Å². The molecule has 0 heterocycles. The summed E-state index contributed by atoms with van der Waals surface area (Å²) in [6, 6.07) is 0. The smallest absolute Gasteiger partial charge is 0.318 e. The van der Waals surface area contributed by atoms with E-state index in [-0.39, 0.29) is 0 Å². The molecule has 0 spiro atoms. The van der Waals surface area contributed by atoms with Crippen molar-refractivity contribution < 1.29 is 19.1 Å². The first-order valence-electron chi connectivity index (χ1n) is 1.94. The Morgan fingerprint density at radius 2 is 2.00 bits per heavy atom. The Hall–Kier alpha value is -0.420. The molecule has 0 radical (unpaired) electrons. The second-order valence-corrected chi connectivity index (χ2v) is 2.91. The third kappa shape index (κ3) is 2.57. The van der Waals surface area contributed by atoms with Crippen LogP contribution in [-0.4, -0.2) is 27.5 Å². The summed E-state index contributed by atoms with van der Waals surface area (Å²) in [5.74, 6) is 4.71. The molecule has 0 aliphatic heterocycles. The molecular weight excluding hydrogens is 147 g/mol. The van der Waals surface area contributed by atoms with Gasteiger partial charge in [0, 0.05) is 7.05 Å². The van der Waals surface area contributed by atoms with Gasteiger partial charge in [-0.1, -0.05) is 0 Å². The highest BCUT2D eigenvalue weighted by atomic mass is 31.2. The van der Waals surface area contributed by atoms with Gasteiger partial charge in [0.25, 0.3) is 0 Å². The fourth-order valence-corrected chi connectivity index (χ4v) is 0.616. The van der Waals surface area contributed by atoms with Crippen LogP contribution in [0.2, 0.25) is 0 Å². The van der Waals surface area contributed by atoms with Gasteiger partial charge in [-0.2, -0.15) is 0 Å². The van der Waals surface area contributed by atoms with Gasteiger partial charge in [-0.05, 0) is 0 Å². The monoisotopic (exact) mass is 154 g/mol. The van der Waals surface area contributed by atoms with Crippen LogP contribution in [0.3, 0.4) is 0 Å². The maximum Gasteiger partial charge on any atom is 0.414 e. The summed E-state index contributed by atoms with van der Waals surface area (Å²) < 4.78 is 10.00. The molecule has 0 rings (SSSR count). The fourth-order valence-electron chi connectivity index (χ4n) is 0.205. The second-order valence-electron chi connectivity index (χ2n) is 1.44. The van der Waals surface area contributed by atoms with Crippen LogP contribution in [0.1, 0.15) is 0 Å². The summed E-state index contributed by atoms with van der Waals surface area (Å²) >= 11 is 0. The number of rotatable bonds is 1. The van der Waals surface area contributed by atoms with Crippen LogP contribution in [-0.2, 0) is 4.57 Å².